The van der Waals surface area contributed by atoms with Crippen LogP contribution < -0.4 is 4.90 Å². The fourth-order valence-electron chi connectivity index (χ4n) is 3.76. The summed E-state index contributed by atoms with van der Waals surface area (Å²) >= 11 is 0. The molecule has 0 N–H and O–H groups in total. The minimum absolute atomic E-state index is 0.0131. The van der Waals surface area contributed by atoms with Crippen molar-refractivity contribution < 1.29 is 14.3 Å². The SMILES string of the molecule is CC(C)OC(=O)c1cccc(-c2nnn(CC(=O)N3c4ccccc4CCC3C)n2)c1. The molecule has 4 rings (SSSR count). The zero-order valence-electron chi connectivity index (χ0n) is 17.9. The molecule has 0 bridgehead atoms. The summed E-state index contributed by atoms with van der Waals surface area (Å²) in [5.41, 5.74) is 3.17. The zero-order chi connectivity index (χ0) is 22.0. The van der Waals surface area contributed by atoms with Gasteiger partial charge in [-0.1, -0.05) is 30.3 Å². The summed E-state index contributed by atoms with van der Waals surface area (Å²) in [5.74, 6) is -0.144. The van der Waals surface area contributed by atoms with Crippen molar-refractivity contribution in [2.24, 2.45) is 0 Å². The quantitative estimate of drug-likeness (QED) is 0.590. The van der Waals surface area contributed by atoms with E-state index in [2.05, 4.69) is 28.4 Å². The first kappa shape index (κ1) is 20.7. The first-order valence-corrected chi connectivity index (χ1v) is 10.4. The summed E-state index contributed by atoms with van der Waals surface area (Å²) in [4.78, 5) is 28.3. The van der Waals surface area contributed by atoms with Gasteiger partial charge in [-0.05, 0) is 62.6 Å². The van der Waals surface area contributed by atoms with Gasteiger partial charge in [0.2, 0.25) is 5.82 Å². The van der Waals surface area contributed by atoms with Crippen LogP contribution >= 0.6 is 0 Å². The molecule has 1 amide bonds. The maximum absolute atomic E-state index is 13.1. The number of tetrazole rings is 1. The Bertz CT molecular complexity index is 1110. The average molecular weight is 419 g/mol. The highest BCUT2D eigenvalue weighted by atomic mass is 16.5. The Kier molecular flexibility index (Phi) is 5.79. The molecule has 1 aromatic heterocycles. The van der Waals surface area contributed by atoms with Crippen molar-refractivity contribution in [3.63, 3.8) is 0 Å². The first-order valence-electron chi connectivity index (χ1n) is 10.4. The second-order valence-electron chi connectivity index (χ2n) is 7.96. The number of aryl methyl sites for hydroxylation is 1. The van der Waals surface area contributed by atoms with E-state index < -0.39 is 5.97 Å². The van der Waals surface area contributed by atoms with Gasteiger partial charge in [0.15, 0.2) is 0 Å². The van der Waals surface area contributed by atoms with Crippen LogP contribution in [-0.4, -0.2) is 44.2 Å². The molecule has 31 heavy (non-hydrogen) atoms. The summed E-state index contributed by atoms with van der Waals surface area (Å²) in [6.07, 6.45) is 1.67. The van der Waals surface area contributed by atoms with Crippen molar-refractivity contribution >= 4 is 17.6 Å². The van der Waals surface area contributed by atoms with E-state index in [0.717, 1.165) is 18.5 Å². The van der Waals surface area contributed by atoms with Gasteiger partial charge in [0.05, 0.1) is 11.7 Å². The van der Waals surface area contributed by atoms with Crippen LogP contribution in [0.4, 0.5) is 5.69 Å². The number of fused-ring (bicyclic) bond motifs is 1. The number of rotatable bonds is 5. The van der Waals surface area contributed by atoms with E-state index in [4.69, 9.17) is 4.74 Å². The molecule has 8 nitrogen and oxygen atoms in total. The number of amides is 1. The van der Waals surface area contributed by atoms with Gasteiger partial charge in [-0.2, -0.15) is 4.80 Å². The number of anilines is 1. The minimum atomic E-state index is -0.405. The number of para-hydroxylation sites is 1. The predicted octanol–water partition coefficient (Wildman–Crippen LogP) is 3.27. The molecule has 160 valence electrons. The molecule has 0 radical (unpaired) electrons. The molecule has 2 aromatic carbocycles. The predicted molar refractivity (Wildman–Crippen MR) is 116 cm³/mol. The molecular weight excluding hydrogens is 394 g/mol. The van der Waals surface area contributed by atoms with Crippen LogP contribution in [0.1, 0.15) is 43.1 Å². The van der Waals surface area contributed by atoms with Crippen LogP contribution in [0.3, 0.4) is 0 Å². The summed E-state index contributed by atoms with van der Waals surface area (Å²) in [7, 11) is 0. The van der Waals surface area contributed by atoms with E-state index in [-0.39, 0.29) is 24.6 Å². The van der Waals surface area contributed by atoms with E-state index in [1.165, 1.54) is 10.4 Å². The minimum Gasteiger partial charge on any atom is -0.459 e. The Morgan fingerprint density at radius 2 is 1.97 bits per heavy atom. The maximum atomic E-state index is 13.1. The Morgan fingerprint density at radius 3 is 2.77 bits per heavy atom. The average Bonchev–Trinajstić information content (AvgIpc) is 3.21. The van der Waals surface area contributed by atoms with Crippen LogP contribution in [0.2, 0.25) is 0 Å². The number of hydrogen-bond donors (Lipinski definition) is 0. The topological polar surface area (TPSA) is 90.2 Å². The van der Waals surface area contributed by atoms with Crippen molar-refractivity contribution in [1.29, 1.82) is 0 Å². The van der Waals surface area contributed by atoms with E-state index in [1.807, 2.05) is 23.1 Å². The van der Waals surface area contributed by atoms with Crippen molar-refractivity contribution in [2.45, 2.75) is 52.3 Å². The first-order chi connectivity index (χ1) is 14.9. The van der Waals surface area contributed by atoms with E-state index in [1.54, 1.807) is 38.1 Å². The van der Waals surface area contributed by atoms with E-state index in [0.29, 0.717) is 17.0 Å². The Hall–Kier alpha value is -3.55. The summed E-state index contributed by atoms with van der Waals surface area (Å²) in [5, 5.41) is 12.5. The summed E-state index contributed by atoms with van der Waals surface area (Å²) in [6, 6.07) is 15.0. The maximum Gasteiger partial charge on any atom is 0.338 e. The number of ether oxygens (including phenoxy) is 1. The largest absolute Gasteiger partial charge is 0.459 e. The third kappa shape index (κ3) is 4.47. The van der Waals surface area contributed by atoms with Gasteiger partial charge in [0.1, 0.15) is 6.54 Å². The lowest BCUT2D eigenvalue weighted by Gasteiger charge is -2.35. The van der Waals surface area contributed by atoms with Gasteiger partial charge in [0.25, 0.3) is 5.91 Å². The molecule has 0 fully saturated rings. The van der Waals surface area contributed by atoms with Gasteiger partial charge < -0.3 is 9.64 Å². The molecule has 1 atom stereocenters. The standard InChI is InChI=1S/C23H25N5O3/c1-15(2)31-23(30)19-9-6-8-18(13-19)22-24-26-27(25-22)14-21(29)28-16(3)11-12-17-7-4-5-10-20(17)28/h4-10,13,15-16H,11-12,14H2,1-3H3. The smallest absolute Gasteiger partial charge is 0.338 e. The lowest BCUT2D eigenvalue weighted by Crippen LogP contribution is -2.44. The number of carbonyl (C=O) groups excluding carboxylic acids is 2. The van der Waals surface area contributed by atoms with Crippen molar-refractivity contribution in [1.82, 2.24) is 20.2 Å². The zero-order valence-corrected chi connectivity index (χ0v) is 17.9. The number of benzene rings is 2. The van der Waals surface area contributed by atoms with Crippen molar-refractivity contribution in [2.75, 3.05) is 4.90 Å². The Labute approximate surface area is 180 Å². The number of esters is 1. The molecule has 2 heterocycles. The molecule has 3 aromatic rings. The highest BCUT2D eigenvalue weighted by molar-refractivity contribution is 5.95. The molecule has 0 saturated carbocycles. The second kappa shape index (κ2) is 8.67. The number of aromatic nitrogens is 4. The van der Waals surface area contributed by atoms with Crippen LogP contribution in [0.25, 0.3) is 11.4 Å². The van der Waals surface area contributed by atoms with Gasteiger partial charge in [-0.3, -0.25) is 4.79 Å². The van der Waals surface area contributed by atoms with Gasteiger partial charge in [-0.15, -0.1) is 10.2 Å². The van der Waals surface area contributed by atoms with E-state index in [9.17, 15) is 9.59 Å². The van der Waals surface area contributed by atoms with E-state index >= 15 is 0 Å². The highest BCUT2D eigenvalue weighted by Gasteiger charge is 2.28. The fraction of sp³-hybridized carbons (Fsp3) is 0.348. The van der Waals surface area contributed by atoms with Gasteiger partial charge in [-0.25, -0.2) is 4.79 Å². The molecule has 0 spiro atoms. The van der Waals surface area contributed by atoms with Crippen LogP contribution in [0, 0.1) is 0 Å². The molecular formula is C23H25N5O3. The van der Waals surface area contributed by atoms with Crippen LogP contribution in [0.5, 0.6) is 0 Å². The Morgan fingerprint density at radius 1 is 1.16 bits per heavy atom. The second-order valence-corrected chi connectivity index (χ2v) is 7.96. The molecule has 1 aliphatic rings. The monoisotopic (exact) mass is 419 g/mol. The third-order valence-corrected chi connectivity index (χ3v) is 5.22. The number of hydrogen-bond acceptors (Lipinski definition) is 6. The van der Waals surface area contributed by atoms with Gasteiger partial charge in [0, 0.05) is 17.3 Å². The van der Waals surface area contributed by atoms with Crippen molar-refractivity contribution in [3.8, 4) is 11.4 Å². The Balaban J connectivity index is 1.51. The van der Waals surface area contributed by atoms with Gasteiger partial charge >= 0.3 is 5.97 Å². The van der Waals surface area contributed by atoms with Crippen molar-refractivity contribution in [3.05, 3.63) is 59.7 Å². The molecule has 0 saturated heterocycles. The molecule has 1 unspecified atom stereocenters. The van der Waals surface area contributed by atoms with Crippen LogP contribution in [0.15, 0.2) is 48.5 Å². The van der Waals surface area contributed by atoms with Crippen LogP contribution in [-0.2, 0) is 22.5 Å². The fourth-order valence-corrected chi connectivity index (χ4v) is 3.76. The molecule has 0 aliphatic carbocycles. The molecule has 8 heteroatoms. The number of carbonyl (C=O) groups is 2. The lowest BCUT2D eigenvalue weighted by atomic mass is 9.96. The lowest BCUT2D eigenvalue weighted by molar-refractivity contribution is -0.120. The number of nitrogens with zero attached hydrogens (tertiary/aromatic N) is 5. The summed E-state index contributed by atoms with van der Waals surface area (Å²) < 4.78 is 5.24. The molecule has 1 aliphatic heterocycles. The third-order valence-electron chi connectivity index (χ3n) is 5.22. The highest BCUT2D eigenvalue weighted by Crippen LogP contribution is 2.30. The normalized spacial score (nSPS) is 15.6. The summed E-state index contributed by atoms with van der Waals surface area (Å²) in [6.45, 7) is 5.64.